The lowest BCUT2D eigenvalue weighted by atomic mass is 9.88. The molecule has 10 nitrogen and oxygen atoms in total. The lowest BCUT2D eigenvalue weighted by Gasteiger charge is -2.28. The van der Waals surface area contributed by atoms with E-state index >= 15 is 0 Å². The van der Waals surface area contributed by atoms with Gasteiger partial charge in [0, 0.05) is 29.6 Å². The van der Waals surface area contributed by atoms with Crippen LogP contribution >= 0.6 is 23.6 Å². The largest absolute Gasteiger partial charge is 0.378 e. The van der Waals surface area contributed by atoms with E-state index < -0.39 is 16.7 Å². The Morgan fingerprint density at radius 2 is 2.06 bits per heavy atom. The SMILES string of the molecule is CC1CCc2c(sc(NC(=S)NC(=O)c3ccc(N4CCOCC4)c([N+](=O)[O-])c3)c2C(N)=O)C1. The highest BCUT2D eigenvalue weighted by molar-refractivity contribution is 7.80. The standard InChI is InChI=1S/C22H25N5O5S2/c1-12-2-4-14-17(10-12)34-21(18(14)19(23)28)25-22(33)24-20(29)13-3-5-15(16(11-13)27(30)31)26-6-8-32-9-7-26/h3,5,11-12H,2,4,6-10H2,1H3,(H2,23,28)(H2,24,25,29,33). The molecular weight excluding hydrogens is 478 g/mol. The molecule has 1 aromatic carbocycles. The first-order valence-corrected chi connectivity index (χ1v) is 12.1. The van der Waals surface area contributed by atoms with Gasteiger partial charge in [0.2, 0.25) is 0 Å². The van der Waals surface area contributed by atoms with Crippen LogP contribution in [0.4, 0.5) is 16.4 Å². The fourth-order valence-corrected chi connectivity index (χ4v) is 5.97. The predicted molar refractivity (Wildman–Crippen MR) is 134 cm³/mol. The number of amides is 2. The highest BCUT2D eigenvalue weighted by Crippen LogP contribution is 2.39. The van der Waals surface area contributed by atoms with Crippen molar-refractivity contribution in [2.75, 3.05) is 36.5 Å². The molecule has 1 saturated heterocycles. The first-order chi connectivity index (χ1) is 16.2. The first kappa shape index (κ1) is 24.0. The summed E-state index contributed by atoms with van der Waals surface area (Å²) in [5.74, 6) is -0.620. The van der Waals surface area contributed by atoms with E-state index in [4.69, 9.17) is 22.7 Å². The lowest BCUT2D eigenvalue weighted by molar-refractivity contribution is -0.384. The van der Waals surface area contributed by atoms with Crippen molar-refractivity contribution in [3.8, 4) is 0 Å². The number of thiocarbonyl (C=S) groups is 1. The molecule has 1 fully saturated rings. The number of fused-ring (bicyclic) bond motifs is 1. The van der Waals surface area contributed by atoms with Crippen molar-refractivity contribution in [3.63, 3.8) is 0 Å². The van der Waals surface area contributed by atoms with E-state index in [2.05, 4.69) is 17.6 Å². The molecule has 1 aliphatic heterocycles. The maximum atomic E-state index is 12.8. The topological polar surface area (TPSA) is 140 Å². The third-order valence-corrected chi connectivity index (χ3v) is 7.37. The van der Waals surface area contributed by atoms with E-state index in [0.717, 1.165) is 29.7 Å². The van der Waals surface area contributed by atoms with Crippen LogP contribution in [0.25, 0.3) is 0 Å². The van der Waals surface area contributed by atoms with Crippen LogP contribution in [0.5, 0.6) is 0 Å². The van der Waals surface area contributed by atoms with Gasteiger partial charge in [-0.2, -0.15) is 0 Å². The number of ether oxygens (including phenoxy) is 1. The van der Waals surface area contributed by atoms with Crippen LogP contribution in [-0.4, -0.2) is 48.2 Å². The summed E-state index contributed by atoms with van der Waals surface area (Å²) in [5.41, 5.74) is 7.36. The van der Waals surface area contributed by atoms with Crippen LogP contribution in [0.3, 0.4) is 0 Å². The summed E-state index contributed by atoms with van der Waals surface area (Å²) in [4.78, 5) is 39.0. The average Bonchev–Trinajstić information content (AvgIpc) is 3.15. The maximum Gasteiger partial charge on any atom is 0.293 e. The van der Waals surface area contributed by atoms with Gasteiger partial charge in [-0.25, -0.2) is 0 Å². The molecular formula is C22H25N5O5S2. The predicted octanol–water partition coefficient (Wildman–Crippen LogP) is 2.84. The van der Waals surface area contributed by atoms with Gasteiger partial charge >= 0.3 is 0 Å². The number of benzene rings is 1. The second-order valence-corrected chi connectivity index (χ2v) is 9.90. The first-order valence-electron chi connectivity index (χ1n) is 10.9. The maximum absolute atomic E-state index is 12.8. The second-order valence-electron chi connectivity index (χ2n) is 8.39. The number of morpholine rings is 1. The van der Waals surface area contributed by atoms with Gasteiger partial charge in [0.1, 0.15) is 10.7 Å². The fraction of sp³-hybridized carbons (Fsp3) is 0.409. The van der Waals surface area contributed by atoms with Gasteiger partial charge in [-0.15, -0.1) is 11.3 Å². The van der Waals surface area contributed by atoms with Crippen LogP contribution in [0, 0.1) is 16.0 Å². The van der Waals surface area contributed by atoms with Crippen LogP contribution in [-0.2, 0) is 17.6 Å². The zero-order valence-electron chi connectivity index (χ0n) is 18.6. The highest BCUT2D eigenvalue weighted by atomic mass is 32.1. The summed E-state index contributed by atoms with van der Waals surface area (Å²) in [6.07, 6.45) is 2.61. The molecule has 4 N–H and O–H groups in total. The molecule has 2 aliphatic rings. The van der Waals surface area contributed by atoms with Gasteiger partial charge in [0.25, 0.3) is 17.5 Å². The second kappa shape index (κ2) is 10.0. The van der Waals surface area contributed by atoms with Crippen molar-refractivity contribution in [3.05, 3.63) is 49.9 Å². The minimum atomic E-state index is -0.593. The summed E-state index contributed by atoms with van der Waals surface area (Å²) in [5, 5.41) is 17.6. The van der Waals surface area contributed by atoms with E-state index in [0.29, 0.717) is 48.5 Å². The molecule has 2 amide bonds. The van der Waals surface area contributed by atoms with Gasteiger partial charge in [0.15, 0.2) is 5.11 Å². The molecule has 1 atom stereocenters. The molecule has 0 bridgehead atoms. The number of hydrogen-bond acceptors (Lipinski definition) is 8. The number of rotatable bonds is 5. The Labute approximate surface area is 205 Å². The van der Waals surface area contributed by atoms with E-state index in [1.165, 1.54) is 23.5 Å². The Morgan fingerprint density at radius 3 is 2.74 bits per heavy atom. The molecule has 0 saturated carbocycles. The van der Waals surface area contributed by atoms with Crippen molar-refractivity contribution in [2.24, 2.45) is 11.7 Å². The van der Waals surface area contributed by atoms with Gasteiger partial charge in [0.05, 0.1) is 23.7 Å². The quantitative estimate of drug-likeness (QED) is 0.321. The number of primary amides is 1. The number of nitrogens with two attached hydrogens (primary N) is 1. The zero-order valence-corrected chi connectivity index (χ0v) is 20.2. The van der Waals surface area contributed by atoms with Crippen LogP contribution in [0.1, 0.15) is 44.5 Å². The minimum absolute atomic E-state index is 0.0148. The minimum Gasteiger partial charge on any atom is -0.378 e. The molecule has 2 heterocycles. The number of thiophene rings is 1. The van der Waals surface area contributed by atoms with Crippen molar-refractivity contribution in [1.82, 2.24) is 5.32 Å². The Kier molecular flexibility index (Phi) is 7.10. The van der Waals surface area contributed by atoms with E-state index in [1.807, 2.05) is 4.90 Å². The van der Waals surface area contributed by atoms with Gasteiger partial charge in [-0.3, -0.25) is 25.0 Å². The Hall–Kier alpha value is -3.09. The third kappa shape index (κ3) is 5.03. The summed E-state index contributed by atoms with van der Waals surface area (Å²) in [6.45, 7) is 4.20. The van der Waals surface area contributed by atoms with Crippen LogP contribution in [0.2, 0.25) is 0 Å². The number of nitrogens with zero attached hydrogens (tertiary/aromatic N) is 2. The van der Waals surface area contributed by atoms with E-state index in [-0.39, 0.29) is 16.4 Å². The number of nitro benzene ring substituents is 1. The van der Waals surface area contributed by atoms with E-state index in [1.54, 1.807) is 6.07 Å². The van der Waals surface area contributed by atoms with Crippen LogP contribution < -0.4 is 21.3 Å². The number of nitrogens with one attached hydrogen (secondary N) is 2. The average molecular weight is 504 g/mol. The molecule has 180 valence electrons. The van der Waals surface area contributed by atoms with Gasteiger partial charge in [-0.05, 0) is 55.1 Å². The summed E-state index contributed by atoms with van der Waals surface area (Å²) < 4.78 is 5.31. The highest BCUT2D eigenvalue weighted by Gasteiger charge is 2.27. The Balaban J connectivity index is 1.50. The van der Waals surface area contributed by atoms with Crippen LogP contribution in [0.15, 0.2) is 18.2 Å². The molecule has 34 heavy (non-hydrogen) atoms. The van der Waals surface area contributed by atoms with Crippen molar-refractivity contribution >= 4 is 56.9 Å². The number of nitro groups is 1. The summed E-state index contributed by atoms with van der Waals surface area (Å²) >= 11 is 6.70. The molecule has 2 aromatic rings. The molecule has 0 spiro atoms. The monoisotopic (exact) mass is 503 g/mol. The zero-order chi connectivity index (χ0) is 24.4. The number of carbonyl (C=O) groups is 2. The molecule has 12 heteroatoms. The van der Waals surface area contributed by atoms with Crippen molar-refractivity contribution < 1.29 is 19.2 Å². The third-order valence-electron chi connectivity index (χ3n) is 6.00. The number of carbonyl (C=O) groups excluding carboxylic acids is 2. The molecule has 1 aliphatic carbocycles. The Morgan fingerprint density at radius 1 is 1.32 bits per heavy atom. The molecule has 1 unspecified atom stereocenters. The fourth-order valence-electron chi connectivity index (χ4n) is 4.29. The summed E-state index contributed by atoms with van der Waals surface area (Å²) in [6, 6.07) is 4.33. The number of hydrogen-bond donors (Lipinski definition) is 3. The van der Waals surface area contributed by atoms with Crippen molar-refractivity contribution in [1.29, 1.82) is 0 Å². The van der Waals surface area contributed by atoms with Gasteiger partial charge in [-0.1, -0.05) is 6.92 Å². The molecule has 1 aromatic heterocycles. The molecule has 0 radical (unpaired) electrons. The van der Waals surface area contributed by atoms with E-state index in [9.17, 15) is 19.7 Å². The number of anilines is 2. The Bertz CT molecular complexity index is 1160. The van der Waals surface area contributed by atoms with Crippen molar-refractivity contribution in [2.45, 2.75) is 26.2 Å². The molecule has 4 rings (SSSR count). The lowest BCUT2D eigenvalue weighted by Crippen LogP contribution is -2.37. The summed E-state index contributed by atoms with van der Waals surface area (Å²) in [7, 11) is 0. The normalized spacial score (nSPS) is 17.6. The van der Waals surface area contributed by atoms with Gasteiger partial charge < -0.3 is 20.7 Å². The smallest absolute Gasteiger partial charge is 0.293 e.